The number of hydrogen-bond acceptors (Lipinski definition) is 7. The van der Waals surface area contributed by atoms with Crippen molar-refractivity contribution in [1.29, 1.82) is 0 Å². The smallest absolute Gasteiger partial charge is 0.277 e. The van der Waals surface area contributed by atoms with Crippen LogP contribution in [0, 0.1) is 0 Å². The van der Waals surface area contributed by atoms with E-state index in [4.69, 9.17) is 20.5 Å². The van der Waals surface area contributed by atoms with E-state index in [0.717, 1.165) is 11.1 Å². The molecule has 2 aromatic carbocycles. The summed E-state index contributed by atoms with van der Waals surface area (Å²) in [6.07, 6.45) is 0.605. The van der Waals surface area contributed by atoms with Crippen molar-refractivity contribution in [2.75, 3.05) is 0 Å². The van der Waals surface area contributed by atoms with E-state index in [9.17, 15) is 0 Å². The van der Waals surface area contributed by atoms with Crippen molar-refractivity contribution in [3.63, 3.8) is 0 Å². The van der Waals surface area contributed by atoms with E-state index < -0.39 is 0 Å². The molecule has 0 aliphatic rings. The Morgan fingerprint density at radius 3 is 2.69 bits per heavy atom. The number of halogens is 1. The topological polar surface area (TPSA) is 77.8 Å². The molecule has 2 heterocycles. The van der Waals surface area contributed by atoms with Crippen LogP contribution < -0.4 is 0 Å². The van der Waals surface area contributed by atoms with Crippen LogP contribution in [0.3, 0.4) is 0 Å². The zero-order valence-corrected chi connectivity index (χ0v) is 15.1. The fourth-order valence-electron chi connectivity index (χ4n) is 2.32. The lowest BCUT2D eigenvalue weighted by Gasteiger charge is -1.95. The van der Waals surface area contributed by atoms with Crippen molar-refractivity contribution in [1.82, 2.24) is 20.3 Å². The molecule has 0 fully saturated rings. The van der Waals surface area contributed by atoms with E-state index >= 15 is 0 Å². The van der Waals surface area contributed by atoms with Gasteiger partial charge in [0.2, 0.25) is 17.6 Å². The molecular weight excluding hydrogens is 372 g/mol. The summed E-state index contributed by atoms with van der Waals surface area (Å²) in [4.78, 5) is 4.36. The minimum absolute atomic E-state index is 0.445. The molecule has 4 rings (SSSR count). The minimum Gasteiger partial charge on any atom is -0.416 e. The highest BCUT2D eigenvalue weighted by Crippen LogP contribution is 2.24. The molecule has 6 nitrogen and oxygen atoms in total. The van der Waals surface area contributed by atoms with Crippen LogP contribution in [0.25, 0.3) is 11.4 Å². The highest BCUT2D eigenvalue weighted by Gasteiger charge is 2.12. The number of nitrogens with zero attached hydrogens (tertiary/aromatic N) is 4. The first-order chi connectivity index (χ1) is 12.8. The number of benzene rings is 2. The van der Waals surface area contributed by atoms with Crippen LogP contribution >= 0.6 is 23.4 Å². The molecule has 4 aromatic rings. The lowest BCUT2D eigenvalue weighted by molar-refractivity contribution is 0.389. The molecule has 8 heteroatoms. The Balaban J connectivity index is 1.38. The molecule has 0 aliphatic heterocycles. The molecule has 0 N–H and O–H groups in total. The molecular formula is C18H13ClN4O2S. The molecule has 0 aliphatic carbocycles. The maximum absolute atomic E-state index is 5.99. The molecule has 0 atom stereocenters. The molecule has 0 spiro atoms. The van der Waals surface area contributed by atoms with Gasteiger partial charge in [0.25, 0.3) is 5.22 Å². The van der Waals surface area contributed by atoms with Gasteiger partial charge in [0.1, 0.15) is 0 Å². The second kappa shape index (κ2) is 7.72. The maximum Gasteiger partial charge on any atom is 0.277 e. The summed E-state index contributed by atoms with van der Waals surface area (Å²) < 4.78 is 10.9. The quantitative estimate of drug-likeness (QED) is 0.447. The fraction of sp³-hybridized carbons (Fsp3) is 0.111. The second-order valence-corrected chi connectivity index (χ2v) is 6.80. The zero-order valence-electron chi connectivity index (χ0n) is 13.5. The molecule has 0 saturated heterocycles. The van der Waals surface area contributed by atoms with E-state index in [1.807, 2.05) is 42.5 Å². The summed E-state index contributed by atoms with van der Waals surface area (Å²) in [5.41, 5.74) is 1.93. The average Bonchev–Trinajstić information content (AvgIpc) is 3.30. The van der Waals surface area contributed by atoms with E-state index in [-0.39, 0.29) is 0 Å². The molecule has 0 unspecified atom stereocenters. The number of hydrogen-bond donors (Lipinski definition) is 0. The van der Waals surface area contributed by atoms with Gasteiger partial charge in [0, 0.05) is 10.6 Å². The molecule has 0 saturated carbocycles. The van der Waals surface area contributed by atoms with Gasteiger partial charge in [0.15, 0.2) is 0 Å². The standard InChI is InChI=1S/C18H13ClN4O2S/c19-14-8-4-7-13(10-14)17-20-16(25-23-17)11-26-18-22-21-15(24-18)9-12-5-2-1-3-6-12/h1-8,10H,9,11H2. The number of rotatable bonds is 6. The third kappa shape index (κ3) is 4.12. The van der Waals surface area contributed by atoms with Gasteiger partial charge in [0.05, 0.1) is 12.2 Å². The minimum atomic E-state index is 0.445. The predicted octanol–water partition coefficient (Wildman–Crippen LogP) is 4.66. The summed E-state index contributed by atoms with van der Waals surface area (Å²) in [7, 11) is 0. The van der Waals surface area contributed by atoms with Crippen LogP contribution in [0.5, 0.6) is 0 Å². The Morgan fingerprint density at radius 1 is 0.962 bits per heavy atom. The van der Waals surface area contributed by atoms with Crippen molar-refractivity contribution in [3.05, 3.63) is 77.0 Å². The van der Waals surface area contributed by atoms with Gasteiger partial charge >= 0.3 is 0 Å². The van der Waals surface area contributed by atoms with E-state index in [1.165, 1.54) is 11.8 Å². The van der Waals surface area contributed by atoms with Gasteiger partial charge in [-0.1, -0.05) is 71.0 Å². The first-order valence-electron chi connectivity index (χ1n) is 7.84. The Kier molecular flexibility index (Phi) is 4.99. The van der Waals surface area contributed by atoms with Crippen molar-refractivity contribution >= 4 is 23.4 Å². The molecule has 0 amide bonds. The van der Waals surface area contributed by atoms with Crippen LogP contribution in [0.2, 0.25) is 5.02 Å². The summed E-state index contributed by atoms with van der Waals surface area (Å²) in [6.45, 7) is 0. The second-order valence-electron chi connectivity index (χ2n) is 5.43. The van der Waals surface area contributed by atoms with Crippen molar-refractivity contribution in [3.8, 4) is 11.4 Å². The summed E-state index contributed by atoms with van der Waals surface area (Å²) >= 11 is 7.34. The maximum atomic E-state index is 5.99. The molecule has 0 radical (unpaired) electrons. The Hall–Kier alpha value is -2.64. The predicted molar refractivity (Wildman–Crippen MR) is 97.9 cm³/mol. The fourth-order valence-corrected chi connectivity index (χ4v) is 3.13. The van der Waals surface area contributed by atoms with Gasteiger partial charge in [-0.3, -0.25) is 0 Å². The van der Waals surface area contributed by atoms with Crippen molar-refractivity contribution in [2.24, 2.45) is 0 Å². The van der Waals surface area contributed by atoms with Crippen LogP contribution in [0.4, 0.5) is 0 Å². The normalized spacial score (nSPS) is 11.0. The molecule has 2 aromatic heterocycles. The Bertz CT molecular complexity index is 1000. The first-order valence-corrected chi connectivity index (χ1v) is 9.20. The molecule has 0 bridgehead atoms. The van der Waals surface area contributed by atoms with Crippen LogP contribution in [-0.4, -0.2) is 20.3 Å². The number of thioether (sulfide) groups is 1. The van der Waals surface area contributed by atoms with Crippen molar-refractivity contribution < 1.29 is 8.94 Å². The molecule has 26 heavy (non-hydrogen) atoms. The van der Waals surface area contributed by atoms with Gasteiger partial charge in [-0.25, -0.2) is 0 Å². The van der Waals surface area contributed by atoms with Crippen LogP contribution in [0.1, 0.15) is 17.3 Å². The largest absolute Gasteiger partial charge is 0.416 e. The summed E-state index contributed by atoms with van der Waals surface area (Å²) in [5, 5.41) is 13.2. The first kappa shape index (κ1) is 16.8. The van der Waals surface area contributed by atoms with E-state index in [2.05, 4.69) is 20.3 Å². The third-order valence-corrected chi connectivity index (χ3v) is 4.55. The number of aromatic nitrogens is 4. The van der Waals surface area contributed by atoms with E-state index in [0.29, 0.717) is 40.0 Å². The van der Waals surface area contributed by atoms with Gasteiger partial charge in [-0.2, -0.15) is 4.98 Å². The zero-order chi connectivity index (χ0) is 17.8. The Morgan fingerprint density at radius 2 is 1.85 bits per heavy atom. The van der Waals surface area contributed by atoms with E-state index in [1.54, 1.807) is 12.1 Å². The lowest BCUT2D eigenvalue weighted by atomic mass is 10.2. The van der Waals surface area contributed by atoms with Crippen LogP contribution in [-0.2, 0) is 12.2 Å². The monoisotopic (exact) mass is 384 g/mol. The SMILES string of the molecule is Clc1cccc(-c2noc(CSc3nnc(Cc4ccccc4)o3)n2)c1. The summed E-state index contributed by atoms with van der Waals surface area (Å²) in [5.74, 6) is 2.00. The highest BCUT2D eigenvalue weighted by molar-refractivity contribution is 7.98. The molecule has 130 valence electrons. The van der Waals surface area contributed by atoms with Crippen LogP contribution in [0.15, 0.2) is 68.8 Å². The highest BCUT2D eigenvalue weighted by atomic mass is 35.5. The van der Waals surface area contributed by atoms with Crippen molar-refractivity contribution in [2.45, 2.75) is 17.4 Å². The van der Waals surface area contributed by atoms with Gasteiger partial charge < -0.3 is 8.94 Å². The van der Waals surface area contributed by atoms with Gasteiger partial charge in [-0.05, 0) is 17.7 Å². The average molecular weight is 385 g/mol. The summed E-state index contributed by atoms with van der Waals surface area (Å²) in [6, 6.07) is 17.3. The van der Waals surface area contributed by atoms with Gasteiger partial charge in [-0.15, -0.1) is 10.2 Å². The lowest BCUT2D eigenvalue weighted by Crippen LogP contribution is -1.87. The third-order valence-electron chi connectivity index (χ3n) is 3.52. The Labute approximate surface area is 158 Å².